The zero-order valence-corrected chi connectivity index (χ0v) is 12.5. The molecule has 126 valence electrons. The van der Waals surface area contributed by atoms with E-state index in [2.05, 4.69) is 10.1 Å². The summed E-state index contributed by atoms with van der Waals surface area (Å²) in [6.45, 7) is -0.747. The molecule has 11 heteroatoms. The number of hydrogen-bond acceptors (Lipinski definition) is 6. The minimum absolute atomic E-state index is 0.147. The number of rotatable bonds is 5. The van der Waals surface area contributed by atoms with Crippen LogP contribution in [0.3, 0.4) is 0 Å². The number of amides is 3. The Labute approximate surface area is 129 Å². The molecule has 2 N–H and O–H groups in total. The summed E-state index contributed by atoms with van der Waals surface area (Å²) in [7, 11) is -3.47. The molecule has 0 spiro atoms. The maximum Gasteiger partial charge on any atom is 0.341 e. The number of imide groups is 1. The largest absolute Gasteiger partial charge is 0.452 e. The van der Waals surface area contributed by atoms with Crippen molar-refractivity contribution < 1.29 is 36.3 Å². The van der Waals surface area contributed by atoms with Crippen molar-refractivity contribution in [3.63, 3.8) is 0 Å². The molecule has 0 saturated heterocycles. The van der Waals surface area contributed by atoms with Crippen LogP contribution in [0.15, 0.2) is 29.2 Å². The lowest BCUT2D eigenvalue weighted by Crippen LogP contribution is -2.39. The first-order valence-corrected chi connectivity index (χ1v) is 7.54. The van der Waals surface area contributed by atoms with Gasteiger partial charge >= 0.3 is 17.8 Å². The molecule has 0 radical (unpaired) electrons. The summed E-state index contributed by atoms with van der Waals surface area (Å²) < 4.78 is 51.7. The first-order chi connectivity index (χ1) is 10.7. The lowest BCUT2D eigenvalue weighted by atomic mass is 10.2. The van der Waals surface area contributed by atoms with E-state index in [4.69, 9.17) is 0 Å². The second-order valence-electron chi connectivity index (χ2n) is 4.03. The van der Waals surface area contributed by atoms with Gasteiger partial charge in [0.1, 0.15) is 0 Å². The van der Waals surface area contributed by atoms with Crippen LogP contribution >= 0.6 is 0 Å². The molecule has 8 nitrogen and oxygen atoms in total. The predicted molar refractivity (Wildman–Crippen MR) is 72.5 cm³/mol. The molecule has 23 heavy (non-hydrogen) atoms. The maximum absolute atomic E-state index is 12.3. The highest BCUT2D eigenvalue weighted by Gasteiger charge is 2.26. The first kappa shape index (κ1) is 18.5. The molecular weight excluding hydrogens is 338 g/mol. The Morgan fingerprint density at radius 1 is 1.17 bits per heavy atom. The van der Waals surface area contributed by atoms with Crippen molar-refractivity contribution in [1.82, 2.24) is 10.6 Å². The molecule has 0 aliphatic carbocycles. The van der Waals surface area contributed by atoms with E-state index in [0.717, 1.165) is 24.3 Å². The molecule has 1 aromatic rings. The van der Waals surface area contributed by atoms with Crippen LogP contribution < -0.4 is 10.6 Å². The van der Waals surface area contributed by atoms with E-state index in [1.165, 1.54) is 7.05 Å². The number of ether oxygens (including phenoxy) is 1. The number of sulfone groups is 1. The van der Waals surface area contributed by atoms with E-state index in [9.17, 15) is 31.6 Å². The van der Waals surface area contributed by atoms with Gasteiger partial charge in [-0.2, -0.15) is 8.78 Å². The number of alkyl halides is 2. The van der Waals surface area contributed by atoms with Gasteiger partial charge in [-0.3, -0.25) is 10.1 Å². The Morgan fingerprint density at radius 3 is 2.22 bits per heavy atom. The molecule has 0 saturated carbocycles. The lowest BCUT2D eigenvalue weighted by Gasteiger charge is -2.06. The smallest absolute Gasteiger partial charge is 0.341 e. The Hall–Kier alpha value is -2.56. The standard InChI is InChI=1S/C12H12F2N2O6S/c1-15-12(19)16-9(17)6-22-10(18)7-2-4-8(5-3-7)23(20,21)11(13)14/h2-5,11H,6H2,1H3,(H2,15,16,17,19). The number of urea groups is 1. The lowest BCUT2D eigenvalue weighted by molar-refractivity contribution is -0.123. The summed E-state index contributed by atoms with van der Waals surface area (Å²) in [6, 6.07) is 2.79. The summed E-state index contributed by atoms with van der Waals surface area (Å²) in [4.78, 5) is 33.0. The van der Waals surface area contributed by atoms with Crippen LogP contribution in [0.5, 0.6) is 0 Å². The minimum Gasteiger partial charge on any atom is -0.452 e. The fourth-order valence-corrected chi connectivity index (χ4v) is 2.04. The van der Waals surface area contributed by atoms with Crippen LogP contribution in [0.4, 0.5) is 13.6 Å². The number of hydrogen-bond donors (Lipinski definition) is 2. The number of carbonyl (C=O) groups excluding carboxylic acids is 3. The van der Waals surface area contributed by atoms with Crippen molar-refractivity contribution in [2.24, 2.45) is 0 Å². The quantitative estimate of drug-likeness (QED) is 0.737. The van der Waals surface area contributed by atoms with Crippen LogP contribution in [0.2, 0.25) is 0 Å². The van der Waals surface area contributed by atoms with Crippen molar-refractivity contribution in [2.75, 3.05) is 13.7 Å². The van der Waals surface area contributed by atoms with Crippen LogP contribution in [0, 0.1) is 0 Å². The maximum atomic E-state index is 12.3. The third kappa shape index (κ3) is 4.98. The third-order valence-electron chi connectivity index (χ3n) is 2.47. The van der Waals surface area contributed by atoms with Gasteiger partial charge < -0.3 is 10.1 Å². The molecular formula is C12H12F2N2O6S. The van der Waals surface area contributed by atoms with Crippen molar-refractivity contribution >= 4 is 27.7 Å². The van der Waals surface area contributed by atoms with E-state index >= 15 is 0 Å². The van der Waals surface area contributed by atoms with E-state index in [1.807, 2.05) is 5.32 Å². The Morgan fingerprint density at radius 2 is 1.74 bits per heavy atom. The number of halogens is 2. The molecule has 0 atom stereocenters. The molecule has 0 fully saturated rings. The van der Waals surface area contributed by atoms with E-state index in [-0.39, 0.29) is 5.56 Å². The number of carbonyl (C=O) groups is 3. The first-order valence-electron chi connectivity index (χ1n) is 5.99. The SMILES string of the molecule is CNC(=O)NC(=O)COC(=O)c1ccc(S(=O)(=O)C(F)F)cc1. The van der Waals surface area contributed by atoms with Gasteiger partial charge in [0.15, 0.2) is 6.61 Å². The fourth-order valence-electron chi connectivity index (χ4n) is 1.32. The fraction of sp³-hybridized carbons (Fsp3) is 0.250. The molecule has 1 rings (SSSR count). The highest BCUT2D eigenvalue weighted by atomic mass is 32.2. The van der Waals surface area contributed by atoms with Gasteiger partial charge in [0.05, 0.1) is 10.5 Å². The van der Waals surface area contributed by atoms with Crippen LogP contribution in [-0.4, -0.2) is 45.7 Å². The summed E-state index contributed by atoms with van der Waals surface area (Å²) in [5, 5.41) is 3.96. The summed E-state index contributed by atoms with van der Waals surface area (Å²) >= 11 is 0. The average molecular weight is 350 g/mol. The molecule has 3 amide bonds. The van der Waals surface area contributed by atoms with E-state index in [0.29, 0.717) is 0 Å². The third-order valence-corrected chi connectivity index (χ3v) is 3.87. The molecule has 0 aromatic heterocycles. The van der Waals surface area contributed by atoms with E-state index in [1.54, 1.807) is 0 Å². The highest BCUT2D eigenvalue weighted by Crippen LogP contribution is 2.18. The molecule has 0 bridgehead atoms. The summed E-state index contributed by atoms with van der Waals surface area (Å²) in [6.07, 6.45) is 0. The molecule has 0 heterocycles. The van der Waals surface area contributed by atoms with Gasteiger partial charge in [-0.05, 0) is 24.3 Å². The second-order valence-corrected chi connectivity index (χ2v) is 5.95. The van der Waals surface area contributed by atoms with Gasteiger partial charge in [-0.15, -0.1) is 0 Å². The van der Waals surface area contributed by atoms with Gasteiger partial charge in [-0.1, -0.05) is 0 Å². The molecule has 0 aliphatic heterocycles. The zero-order chi connectivity index (χ0) is 17.6. The predicted octanol–water partition coefficient (Wildman–Crippen LogP) is 0.295. The summed E-state index contributed by atoms with van der Waals surface area (Å²) in [5.41, 5.74) is -0.147. The van der Waals surface area contributed by atoms with Crippen LogP contribution in [0.25, 0.3) is 0 Å². The minimum atomic E-state index is -4.76. The highest BCUT2D eigenvalue weighted by molar-refractivity contribution is 7.91. The van der Waals surface area contributed by atoms with E-state index < -0.39 is 45.0 Å². The number of nitrogens with one attached hydrogen (secondary N) is 2. The van der Waals surface area contributed by atoms with Crippen molar-refractivity contribution in [2.45, 2.75) is 10.7 Å². The average Bonchev–Trinajstić information content (AvgIpc) is 2.52. The molecule has 0 unspecified atom stereocenters. The topological polar surface area (TPSA) is 119 Å². The molecule has 0 aliphatic rings. The Bertz CT molecular complexity index is 703. The van der Waals surface area contributed by atoms with Gasteiger partial charge in [0, 0.05) is 7.05 Å². The normalized spacial score (nSPS) is 11.0. The Kier molecular flexibility index (Phi) is 6.13. The zero-order valence-electron chi connectivity index (χ0n) is 11.7. The Balaban J connectivity index is 2.69. The van der Waals surface area contributed by atoms with Crippen LogP contribution in [-0.2, 0) is 19.4 Å². The van der Waals surface area contributed by atoms with Gasteiger partial charge in [0.2, 0.25) is 9.84 Å². The van der Waals surface area contributed by atoms with Gasteiger partial charge in [0.25, 0.3) is 5.91 Å². The second kappa shape index (κ2) is 7.63. The summed E-state index contributed by atoms with van der Waals surface area (Å²) in [5.74, 6) is -5.44. The molecule has 1 aromatic carbocycles. The van der Waals surface area contributed by atoms with Crippen LogP contribution in [0.1, 0.15) is 10.4 Å². The van der Waals surface area contributed by atoms with Crippen molar-refractivity contribution in [1.29, 1.82) is 0 Å². The monoisotopic (exact) mass is 350 g/mol. The van der Waals surface area contributed by atoms with Crippen molar-refractivity contribution in [3.05, 3.63) is 29.8 Å². The van der Waals surface area contributed by atoms with Gasteiger partial charge in [-0.25, -0.2) is 18.0 Å². The number of esters is 1. The van der Waals surface area contributed by atoms with Crippen molar-refractivity contribution in [3.8, 4) is 0 Å². The number of benzene rings is 1.